The average molecular weight is 352 g/mol. The number of amides is 4. The third kappa shape index (κ3) is 3.22. The van der Waals surface area contributed by atoms with Crippen molar-refractivity contribution >= 4 is 29.2 Å². The van der Waals surface area contributed by atoms with Gasteiger partial charge in [0, 0.05) is 5.69 Å². The van der Waals surface area contributed by atoms with Crippen LogP contribution in [-0.4, -0.2) is 46.1 Å². The Morgan fingerprint density at radius 2 is 1.96 bits per heavy atom. The van der Waals surface area contributed by atoms with Crippen LogP contribution in [0.15, 0.2) is 42.5 Å². The number of anilines is 1. The SMILES string of the molecule is CCN1C(=O)C2C=CC=CC2=[N+](CC(=O)Nc2ccc(C)c(C)c2)C1=O. The minimum atomic E-state index is -0.521. The normalized spacial score (nSPS) is 19.0. The molecule has 6 nitrogen and oxygen atoms in total. The van der Waals surface area contributed by atoms with E-state index in [4.69, 9.17) is 0 Å². The Bertz CT molecular complexity index is 880. The maximum atomic E-state index is 12.7. The Morgan fingerprint density at radius 1 is 1.19 bits per heavy atom. The summed E-state index contributed by atoms with van der Waals surface area (Å²) in [7, 11) is 0. The van der Waals surface area contributed by atoms with E-state index in [1.165, 1.54) is 9.48 Å². The van der Waals surface area contributed by atoms with E-state index in [9.17, 15) is 14.4 Å². The van der Waals surface area contributed by atoms with Gasteiger partial charge in [-0.3, -0.25) is 4.79 Å². The van der Waals surface area contributed by atoms with Crippen LogP contribution in [0.25, 0.3) is 0 Å². The van der Waals surface area contributed by atoms with Gasteiger partial charge < -0.3 is 5.32 Å². The van der Waals surface area contributed by atoms with Crippen LogP contribution < -0.4 is 5.32 Å². The third-order valence-corrected chi connectivity index (χ3v) is 4.71. The van der Waals surface area contributed by atoms with E-state index in [1.54, 1.807) is 31.2 Å². The first-order valence-electron chi connectivity index (χ1n) is 8.64. The lowest BCUT2D eigenvalue weighted by molar-refractivity contribution is -0.427. The van der Waals surface area contributed by atoms with Crippen molar-refractivity contribution in [2.75, 3.05) is 18.4 Å². The molecule has 4 amide bonds. The highest BCUT2D eigenvalue weighted by molar-refractivity contribution is 6.17. The first-order valence-corrected chi connectivity index (χ1v) is 8.64. The summed E-state index contributed by atoms with van der Waals surface area (Å²) in [5, 5.41) is 2.83. The number of nitrogens with zero attached hydrogens (tertiary/aromatic N) is 2. The first kappa shape index (κ1) is 17.8. The summed E-state index contributed by atoms with van der Waals surface area (Å²) in [5.41, 5.74) is 3.45. The second-order valence-electron chi connectivity index (χ2n) is 6.44. The van der Waals surface area contributed by atoms with Crippen molar-refractivity contribution in [3.05, 3.63) is 53.6 Å². The second-order valence-corrected chi connectivity index (χ2v) is 6.44. The fourth-order valence-corrected chi connectivity index (χ4v) is 3.13. The van der Waals surface area contributed by atoms with Crippen molar-refractivity contribution < 1.29 is 19.0 Å². The number of benzene rings is 1. The molecule has 134 valence electrons. The molecule has 0 radical (unpaired) electrons. The topological polar surface area (TPSA) is 69.5 Å². The van der Waals surface area contributed by atoms with Gasteiger partial charge in [0.2, 0.25) is 0 Å². The second kappa shape index (κ2) is 7.07. The molecular weight excluding hydrogens is 330 g/mol. The molecule has 1 aliphatic heterocycles. The predicted molar refractivity (Wildman–Crippen MR) is 99.2 cm³/mol. The maximum Gasteiger partial charge on any atom is 0.501 e. The fourth-order valence-electron chi connectivity index (χ4n) is 3.13. The van der Waals surface area contributed by atoms with Crippen LogP contribution in [0.1, 0.15) is 18.1 Å². The van der Waals surface area contributed by atoms with Crippen molar-refractivity contribution in [2.24, 2.45) is 5.92 Å². The van der Waals surface area contributed by atoms with Crippen LogP contribution in [0.3, 0.4) is 0 Å². The highest BCUT2D eigenvalue weighted by Gasteiger charge is 2.46. The molecule has 1 aromatic rings. The average Bonchev–Trinajstić information content (AvgIpc) is 2.62. The van der Waals surface area contributed by atoms with Gasteiger partial charge in [0.05, 0.1) is 6.54 Å². The number of carbonyl (C=O) groups excluding carboxylic acids is 3. The quantitative estimate of drug-likeness (QED) is 0.846. The summed E-state index contributed by atoms with van der Waals surface area (Å²) in [6.07, 6.45) is 7.02. The van der Waals surface area contributed by atoms with Gasteiger partial charge in [-0.25, -0.2) is 4.79 Å². The van der Waals surface area contributed by atoms with Crippen molar-refractivity contribution in [3.63, 3.8) is 0 Å². The van der Waals surface area contributed by atoms with Crippen molar-refractivity contribution in [3.8, 4) is 0 Å². The van der Waals surface area contributed by atoms with E-state index in [-0.39, 0.29) is 24.9 Å². The van der Waals surface area contributed by atoms with Gasteiger partial charge in [-0.15, -0.1) is 0 Å². The van der Waals surface area contributed by atoms with Gasteiger partial charge in [0.15, 0.2) is 6.54 Å². The number of urea groups is 1. The molecule has 26 heavy (non-hydrogen) atoms. The Kier molecular flexibility index (Phi) is 4.84. The molecular formula is C20H22N3O3+. The summed E-state index contributed by atoms with van der Waals surface area (Å²) >= 11 is 0. The fraction of sp³-hybridized carbons (Fsp3) is 0.300. The molecule has 0 fully saturated rings. The zero-order valence-corrected chi connectivity index (χ0v) is 15.2. The molecule has 1 N–H and O–H groups in total. The molecule has 1 unspecified atom stereocenters. The molecule has 1 aromatic carbocycles. The minimum Gasteiger partial charge on any atom is -0.323 e. The van der Waals surface area contributed by atoms with E-state index in [0.717, 1.165) is 11.1 Å². The van der Waals surface area contributed by atoms with Crippen LogP contribution in [-0.2, 0) is 9.59 Å². The monoisotopic (exact) mass is 352 g/mol. The summed E-state index contributed by atoms with van der Waals surface area (Å²) < 4.78 is 1.38. The van der Waals surface area contributed by atoms with E-state index in [1.807, 2.05) is 32.0 Å². The number of nitrogens with one attached hydrogen (secondary N) is 1. The number of aryl methyl sites for hydroxylation is 2. The first-order chi connectivity index (χ1) is 12.4. The third-order valence-electron chi connectivity index (χ3n) is 4.71. The minimum absolute atomic E-state index is 0.139. The molecule has 1 heterocycles. The summed E-state index contributed by atoms with van der Waals surface area (Å²) in [5.74, 6) is -1.08. The highest BCUT2D eigenvalue weighted by atomic mass is 16.2. The van der Waals surface area contributed by atoms with Crippen LogP contribution >= 0.6 is 0 Å². The number of carbonyl (C=O) groups is 3. The highest BCUT2D eigenvalue weighted by Crippen LogP contribution is 2.20. The van der Waals surface area contributed by atoms with Crippen LogP contribution in [0.5, 0.6) is 0 Å². The number of imide groups is 1. The number of rotatable bonds is 4. The molecule has 1 atom stereocenters. The molecule has 0 saturated heterocycles. The van der Waals surface area contributed by atoms with Gasteiger partial charge in [0.25, 0.3) is 5.91 Å². The van der Waals surface area contributed by atoms with Crippen molar-refractivity contribution in [2.45, 2.75) is 20.8 Å². The molecule has 0 bridgehead atoms. The number of hydrogen-bond donors (Lipinski definition) is 1. The van der Waals surface area contributed by atoms with Crippen molar-refractivity contribution in [1.29, 1.82) is 0 Å². The number of allylic oxidation sites excluding steroid dienone is 3. The summed E-state index contributed by atoms with van der Waals surface area (Å²) in [4.78, 5) is 38.8. The van der Waals surface area contributed by atoms with Gasteiger partial charge >= 0.3 is 11.9 Å². The van der Waals surface area contributed by atoms with E-state index < -0.39 is 11.9 Å². The zero-order chi connectivity index (χ0) is 18.8. The Balaban J connectivity index is 1.86. The van der Waals surface area contributed by atoms with E-state index in [0.29, 0.717) is 11.4 Å². The van der Waals surface area contributed by atoms with Crippen molar-refractivity contribution in [1.82, 2.24) is 4.90 Å². The van der Waals surface area contributed by atoms with E-state index in [2.05, 4.69) is 5.32 Å². The van der Waals surface area contributed by atoms with Crippen LogP contribution in [0.4, 0.5) is 10.5 Å². The number of fused-ring (bicyclic) bond motifs is 1. The number of hydrogen-bond acceptors (Lipinski definition) is 3. The summed E-state index contributed by atoms with van der Waals surface area (Å²) in [6.45, 7) is 5.86. The Morgan fingerprint density at radius 3 is 2.65 bits per heavy atom. The van der Waals surface area contributed by atoms with Gasteiger partial charge in [0.1, 0.15) is 11.6 Å². The van der Waals surface area contributed by atoms with Crippen LogP contribution in [0.2, 0.25) is 0 Å². The zero-order valence-electron chi connectivity index (χ0n) is 15.2. The van der Waals surface area contributed by atoms with Crippen LogP contribution in [0, 0.1) is 19.8 Å². The molecule has 0 spiro atoms. The summed E-state index contributed by atoms with van der Waals surface area (Å²) in [6, 6.07) is 5.21. The maximum absolute atomic E-state index is 12.7. The predicted octanol–water partition coefficient (Wildman–Crippen LogP) is 2.42. The smallest absolute Gasteiger partial charge is 0.323 e. The van der Waals surface area contributed by atoms with Gasteiger partial charge in [-0.1, -0.05) is 24.3 Å². The molecule has 0 aromatic heterocycles. The van der Waals surface area contributed by atoms with E-state index >= 15 is 0 Å². The molecule has 3 rings (SSSR count). The molecule has 2 aliphatic rings. The molecule has 6 heteroatoms. The van der Waals surface area contributed by atoms with Gasteiger partial charge in [-0.2, -0.15) is 14.3 Å². The largest absolute Gasteiger partial charge is 0.501 e. The molecule has 0 saturated carbocycles. The lowest BCUT2D eigenvalue weighted by atomic mass is 9.94. The standard InChI is InChI=1S/C20H21N3O3/c1-4-22-19(25)16-7-5-6-8-17(16)23(20(22)26)12-18(24)21-15-10-9-13(2)14(3)11-15/h5-11,16H,4,12H2,1-3H3/p+1. The van der Waals surface area contributed by atoms with Gasteiger partial charge in [-0.05, 0) is 50.1 Å². The lowest BCUT2D eigenvalue weighted by Gasteiger charge is -2.25. The Labute approximate surface area is 152 Å². The Hall–Kier alpha value is -3.02. The lowest BCUT2D eigenvalue weighted by Crippen LogP contribution is -2.55. The molecule has 1 aliphatic carbocycles.